The Labute approximate surface area is 269 Å². The number of aryl methyl sites for hydroxylation is 1. The van der Waals surface area contributed by atoms with E-state index in [1.807, 2.05) is 75.4 Å². The highest BCUT2D eigenvalue weighted by molar-refractivity contribution is 7.89. The number of aliphatic hydroxyl groups is 1. The molecule has 3 aromatic carbocycles. The van der Waals surface area contributed by atoms with Crippen LogP contribution in [-0.2, 0) is 36.5 Å². The van der Waals surface area contributed by atoms with Crippen LogP contribution in [0.4, 0.5) is 0 Å². The van der Waals surface area contributed by atoms with Crippen LogP contribution in [0, 0.1) is 12.8 Å². The number of hydrogen-bond donors (Lipinski definition) is 2. The summed E-state index contributed by atoms with van der Waals surface area (Å²) in [6.45, 7) is 9.77. The fraction of sp³-hybridized carbons (Fsp3) is 0.471. The van der Waals surface area contributed by atoms with Gasteiger partial charge in [-0.25, -0.2) is 8.42 Å². The lowest BCUT2D eigenvalue weighted by atomic mass is 10.00. The van der Waals surface area contributed by atoms with E-state index in [4.69, 9.17) is 13.8 Å². The van der Waals surface area contributed by atoms with Crippen molar-refractivity contribution < 1.29 is 31.9 Å². The molecule has 45 heavy (non-hydrogen) atoms. The predicted molar refractivity (Wildman–Crippen MR) is 179 cm³/mol. The zero-order chi connectivity index (χ0) is 33.0. The van der Waals surface area contributed by atoms with Gasteiger partial charge in [0, 0.05) is 19.1 Å². The Morgan fingerprint density at radius 3 is 1.96 bits per heavy atom. The van der Waals surface area contributed by atoms with Crippen LogP contribution in [0.3, 0.4) is 0 Å². The third-order valence-electron chi connectivity index (χ3n) is 7.38. The number of nitrogens with one attached hydrogen (secondary N) is 1. The van der Waals surface area contributed by atoms with Crippen LogP contribution in [0.5, 0.6) is 5.75 Å². The maximum atomic E-state index is 14.3. The Kier molecular flexibility index (Phi) is 14.3. The molecule has 248 valence electrons. The van der Waals surface area contributed by atoms with Gasteiger partial charge in [-0.2, -0.15) is 4.31 Å². The first kappa shape index (κ1) is 36.9. The number of rotatable bonds is 19. The molecule has 2 N–H and O–H groups in total. The van der Waals surface area contributed by atoms with Crippen molar-refractivity contribution in [3.8, 4) is 5.75 Å². The number of benzene rings is 3. The van der Waals surface area contributed by atoms with Gasteiger partial charge in [-0.15, -0.1) is 0 Å². The van der Waals surface area contributed by atoms with Gasteiger partial charge in [0.15, 0.2) is 0 Å². The fourth-order valence-corrected chi connectivity index (χ4v) is 8.70. The number of ether oxygens (including phenoxy) is 1. The van der Waals surface area contributed by atoms with E-state index < -0.39 is 35.5 Å². The second kappa shape index (κ2) is 17.4. The molecule has 3 rings (SSSR count). The molecule has 0 fully saturated rings. The van der Waals surface area contributed by atoms with Gasteiger partial charge >= 0.3 is 7.60 Å². The normalized spacial score (nSPS) is 14.4. The van der Waals surface area contributed by atoms with E-state index in [1.54, 1.807) is 26.0 Å². The van der Waals surface area contributed by atoms with Crippen LogP contribution in [0.15, 0.2) is 83.8 Å². The average Bonchev–Trinajstić information content (AvgIpc) is 3.01. The Morgan fingerprint density at radius 2 is 1.42 bits per heavy atom. The first-order chi connectivity index (χ1) is 21.4. The van der Waals surface area contributed by atoms with Gasteiger partial charge in [0.05, 0.1) is 31.3 Å². The van der Waals surface area contributed by atoms with E-state index in [-0.39, 0.29) is 37.1 Å². The van der Waals surface area contributed by atoms with Crippen molar-refractivity contribution in [3.63, 3.8) is 0 Å². The van der Waals surface area contributed by atoms with E-state index in [1.165, 1.54) is 23.5 Å². The molecule has 0 aromatic heterocycles. The van der Waals surface area contributed by atoms with Gasteiger partial charge in [-0.1, -0.05) is 74.0 Å². The molecule has 1 unspecified atom stereocenters. The minimum Gasteiger partial charge on any atom is -0.497 e. The number of sulfonamides is 1. The zero-order valence-electron chi connectivity index (χ0n) is 27.3. The van der Waals surface area contributed by atoms with Crippen LogP contribution < -0.4 is 10.1 Å². The molecule has 0 heterocycles. The number of nitrogens with zero attached hydrogens (tertiary/aromatic N) is 1. The van der Waals surface area contributed by atoms with Crippen LogP contribution >= 0.6 is 7.60 Å². The second-order valence-electron chi connectivity index (χ2n) is 11.5. The molecular formula is C34H49N2O7PS. The molecule has 3 aromatic rings. The molecule has 0 bridgehead atoms. The Bertz CT molecular complexity index is 1440. The van der Waals surface area contributed by atoms with E-state index in [0.29, 0.717) is 18.6 Å². The van der Waals surface area contributed by atoms with Crippen LogP contribution in [-0.4, -0.2) is 69.2 Å². The molecule has 0 radical (unpaired) electrons. The molecule has 0 amide bonds. The Hall–Kier alpha value is -2.56. The van der Waals surface area contributed by atoms with E-state index in [2.05, 4.69) is 5.32 Å². The lowest BCUT2D eigenvalue weighted by Crippen LogP contribution is -2.52. The van der Waals surface area contributed by atoms with Crippen molar-refractivity contribution in [2.75, 3.05) is 33.4 Å². The summed E-state index contributed by atoms with van der Waals surface area (Å²) in [5, 5.41) is 15.3. The van der Waals surface area contributed by atoms with E-state index >= 15 is 0 Å². The predicted octanol–water partition coefficient (Wildman–Crippen LogP) is 6.05. The third-order valence-corrected chi connectivity index (χ3v) is 11.6. The van der Waals surface area contributed by atoms with Gasteiger partial charge in [-0.05, 0) is 74.9 Å². The van der Waals surface area contributed by atoms with Gasteiger partial charge in [0.1, 0.15) is 11.5 Å². The topological polar surface area (TPSA) is 114 Å². The maximum Gasteiger partial charge on any atom is 0.347 e. The summed E-state index contributed by atoms with van der Waals surface area (Å²) in [6, 6.07) is 23.1. The van der Waals surface area contributed by atoms with Crippen LogP contribution in [0.25, 0.3) is 0 Å². The first-order valence-corrected chi connectivity index (χ1v) is 18.5. The minimum atomic E-state index is -3.96. The molecule has 0 saturated carbocycles. The highest BCUT2D eigenvalue weighted by Gasteiger charge is 2.39. The Morgan fingerprint density at radius 1 is 0.844 bits per heavy atom. The van der Waals surface area contributed by atoms with Crippen LogP contribution in [0.2, 0.25) is 0 Å². The molecule has 0 saturated heterocycles. The third kappa shape index (κ3) is 10.7. The van der Waals surface area contributed by atoms with Crippen LogP contribution in [0.1, 0.15) is 44.4 Å². The number of hydrogen-bond acceptors (Lipinski definition) is 8. The van der Waals surface area contributed by atoms with Crippen molar-refractivity contribution >= 4 is 17.6 Å². The van der Waals surface area contributed by atoms with E-state index in [0.717, 1.165) is 16.7 Å². The van der Waals surface area contributed by atoms with Crippen molar-refractivity contribution in [1.29, 1.82) is 0 Å². The SMILES string of the molecule is CCOP(=O)(OCC)C(Cc1ccc(C)cc1)N[C@@H](Cc1ccccc1)[C@H](O)CN(CC(C)C)S(=O)(=O)c1ccc(OC)cc1. The lowest BCUT2D eigenvalue weighted by molar-refractivity contribution is 0.0968. The molecule has 0 aliphatic rings. The highest BCUT2D eigenvalue weighted by atomic mass is 32.2. The van der Waals surface area contributed by atoms with Gasteiger partial charge in [-0.3, -0.25) is 9.88 Å². The lowest BCUT2D eigenvalue weighted by Gasteiger charge is -2.35. The standard InChI is InChI=1S/C34H49N2O7PS/c1-7-42-44(38,43-8-2)34(23-29-16-14-27(5)15-17-29)35-32(22-28-12-10-9-11-13-28)33(37)25-36(24-26(3)4)45(39,40)31-20-18-30(41-6)19-21-31/h9-21,26,32-35,37H,7-8,22-25H2,1-6H3/t32-,33+,34?/m0/s1. The zero-order valence-corrected chi connectivity index (χ0v) is 29.0. The molecule has 0 spiro atoms. The summed E-state index contributed by atoms with van der Waals surface area (Å²) in [5.74, 6) is -0.263. The molecular weight excluding hydrogens is 611 g/mol. The quantitative estimate of drug-likeness (QED) is 0.150. The summed E-state index contributed by atoms with van der Waals surface area (Å²) >= 11 is 0. The molecule has 0 aliphatic heterocycles. The summed E-state index contributed by atoms with van der Waals surface area (Å²) < 4.78 is 60.1. The van der Waals surface area contributed by atoms with Crippen molar-refractivity contribution in [2.45, 2.75) is 70.3 Å². The monoisotopic (exact) mass is 660 g/mol. The largest absolute Gasteiger partial charge is 0.497 e. The summed E-state index contributed by atoms with van der Waals surface area (Å²) in [4.78, 5) is 0.109. The average molecular weight is 661 g/mol. The summed E-state index contributed by atoms with van der Waals surface area (Å²) in [7, 11) is -6.16. The molecule has 11 heteroatoms. The fourth-order valence-electron chi connectivity index (χ4n) is 5.12. The van der Waals surface area contributed by atoms with Gasteiger partial charge in [0.2, 0.25) is 10.0 Å². The van der Waals surface area contributed by atoms with Crippen molar-refractivity contribution in [1.82, 2.24) is 9.62 Å². The minimum absolute atomic E-state index is 0.00355. The van der Waals surface area contributed by atoms with Gasteiger partial charge < -0.3 is 18.9 Å². The van der Waals surface area contributed by atoms with E-state index in [9.17, 15) is 18.1 Å². The number of aliphatic hydroxyl groups excluding tert-OH is 1. The molecule has 3 atom stereocenters. The first-order valence-electron chi connectivity index (χ1n) is 15.5. The molecule has 0 aliphatic carbocycles. The van der Waals surface area contributed by atoms with Gasteiger partial charge in [0.25, 0.3) is 0 Å². The summed E-state index contributed by atoms with van der Waals surface area (Å²) in [5.41, 5.74) is 2.95. The van der Waals surface area contributed by atoms with Crippen molar-refractivity contribution in [3.05, 3.63) is 95.6 Å². The Balaban J connectivity index is 2.01. The number of methoxy groups -OCH3 is 1. The molecule has 9 nitrogen and oxygen atoms in total. The maximum absolute atomic E-state index is 14.3. The second-order valence-corrected chi connectivity index (χ2v) is 15.7. The van der Waals surface area contributed by atoms with Crippen molar-refractivity contribution in [2.24, 2.45) is 5.92 Å². The highest BCUT2D eigenvalue weighted by Crippen LogP contribution is 2.53. The smallest absolute Gasteiger partial charge is 0.347 e. The summed E-state index contributed by atoms with van der Waals surface area (Å²) in [6.07, 6.45) is -0.507.